The van der Waals surface area contributed by atoms with Crippen molar-refractivity contribution < 1.29 is 9.90 Å². The maximum atomic E-state index is 11.1. The van der Waals surface area contributed by atoms with Gasteiger partial charge in [0.05, 0.1) is 11.6 Å². The Hall–Kier alpha value is -2.36. The Morgan fingerprint density at radius 2 is 1.95 bits per heavy atom. The first-order chi connectivity index (χ1) is 10.0. The van der Waals surface area contributed by atoms with Gasteiger partial charge in [-0.05, 0) is 42.2 Å². The van der Waals surface area contributed by atoms with E-state index in [1.54, 1.807) is 0 Å². The molecule has 0 spiro atoms. The van der Waals surface area contributed by atoms with Gasteiger partial charge in [0.1, 0.15) is 5.82 Å². The predicted octanol–water partition coefficient (Wildman–Crippen LogP) is 2.61. The number of rotatable bonds is 3. The molecule has 4 nitrogen and oxygen atoms in total. The van der Waals surface area contributed by atoms with Gasteiger partial charge in [0.15, 0.2) is 0 Å². The minimum absolute atomic E-state index is 0.281. The number of carbonyl (C=O) groups is 1. The van der Waals surface area contributed by atoms with Crippen LogP contribution < -0.4 is 4.90 Å². The number of aromatic nitrogens is 1. The van der Waals surface area contributed by atoms with Gasteiger partial charge >= 0.3 is 5.97 Å². The number of carboxylic acids is 1. The molecule has 0 saturated carbocycles. The fourth-order valence-electron chi connectivity index (χ4n) is 2.79. The molecule has 1 N–H and O–H groups in total. The van der Waals surface area contributed by atoms with Crippen molar-refractivity contribution in [2.45, 2.75) is 12.8 Å². The summed E-state index contributed by atoms with van der Waals surface area (Å²) in [5.41, 5.74) is 4.25. The van der Waals surface area contributed by atoms with Crippen LogP contribution in [0.1, 0.15) is 11.1 Å². The Bertz CT molecular complexity index is 695. The lowest BCUT2D eigenvalue weighted by Gasteiger charge is -2.12. The predicted molar refractivity (Wildman–Crippen MR) is 82.5 cm³/mol. The van der Waals surface area contributed by atoms with Crippen LogP contribution in [0.25, 0.3) is 11.3 Å². The Balaban J connectivity index is 1.94. The van der Waals surface area contributed by atoms with E-state index in [4.69, 9.17) is 5.11 Å². The Morgan fingerprint density at radius 1 is 1.19 bits per heavy atom. The quantitative estimate of drug-likeness (QED) is 0.940. The highest BCUT2D eigenvalue weighted by molar-refractivity contribution is 5.73. The molecule has 0 aliphatic heterocycles. The average molecular weight is 282 g/mol. The van der Waals surface area contributed by atoms with E-state index in [9.17, 15) is 4.79 Å². The van der Waals surface area contributed by atoms with Gasteiger partial charge in [-0.3, -0.25) is 4.79 Å². The van der Waals surface area contributed by atoms with E-state index in [1.807, 2.05) is 49.3 Å². The van der Waals surface area contributed by atoms with E-state index in [0.717, 1.165) is 28.2 Å². The Kier molecular flexibility index (Phi) is 3.37. The van der Waals surface area contributed by atoms with Gasteiger partial charge < -0.3 is 10.0 Å². The van der Waals surface area contributed by atoms with Crippen molar-refractivity contribution in [1.82, 2.24) is 4.98 Å². The zero-order valence-corrected chi connectivity index (χ0v) is 12.2. The van der Waals surface area contributed by atoms with Crippen molar-refractivity contribution in [2.24, 2.45) is 5.92 Å². The molecule has 0 radical (unpaired) electrons. The van der Waals surface area contributed by atoms with Crippen molar-refractivity contribution >= 4 is 11.8 Å². The molecule has 1 heterocycles. The number of benzene rings is 1. The smallest absolute Gasteiger partial charge is 0.307 e. The normalized spacial score (nSPS) is 16.6. The molecule has 1 aromatic heterocycles. The number of fused-ring (bicyclic) bond motifs is 1. The second-order valence-electron chi connectivity index (χ2n) is 5.70. The Labute approximate surface area is 124 Å². The number of pyridine rings is 1. The molecule has 108 valence electrons. The van der Waals surface area contributed by atoms with E-state index in [-0.39, 0.29) is 5.92 Å². The number of hydrogen-bond donors (Lipinski definition) is 1. The van der Waals surface area contributed by atoms with E-state index < -0.39 is 5.97 Å². The van der Waals surface area contributed by atoms with E-state index in [2.05, 4.69) is 11.1 Å². The van der Waals surface area contributed by atoms with Gasteiger partial charge in [-0.2, -0.15) is 0 Å². The molecule has 1 unspecified atom stereocenters. The fraction of sp³-hybridized carbons (Fsp3) is 0.294. The van der Waals surface area contributed by atoms with Crippen molar-refractivity contribution in [2.75, 3.05) is 19.0 Å². The lowest BCUT2D eigenvalue weighted by atomic mass is 10.0. The molecule has 0 amide bonds. The van der Waals surface area contributed by atoms with Gasteiger partial charge in [0.2, 0.25) is 0 Å². The minimum atomic E-state index is -0.708. The summed E-state index contributed by atoms with van der Waals surface area (Å²) in [6.07, 6.45) is 1.25. The molecule has 4 heteroatoms. The van der Waals surface area contributed by atoms with Crippen molar-refractivity contribution in [3.05, 3.63) is 47.5 Å². The van der Waals surface area contributed by atoms with E-state index in [0.29, 0.717) is 12.8 Å². The van der Waals surface area contributed by atoms with Gasteiger partial charge in [-0.15, -0.1) is 0 Å². The fourth-order valence-corrected chi connectivity index (χ4v) is 2.79. The van der Waals surface area contributed by atoms with Crippen molar-refractivity contribution in [1.29, 1.82) is 0 Å². The standard InChI is InChI=1S/C17H18N2O2/c1-19(2)16-5-3-4-15(18-16)12-7-6-11-8-14(17(20)21)10-13(11)9-12/h3-7,9,14H,8,10H2,1-2H3,(H,20,21). The van der Waals surface area contributed by atoms with Crippen LogP contribution in [0.2, 0.25) is 0 Å². The third-order valence-electron chi connectivity index (χ3n) is 3.98. The van der Waals surface area contributed by atoms with E-state index >= 15 is 0 Å². The maximum Gasteiger partial charge on any atom is 0.307 e. The maximum absolute atomic E-state index is 11.1. The van der Waals surface area contributed by atoms with Crippen LogP contribution in [0.5, 0.6) is 0 Å². The van der Waals surface area contributed by atoms with Crippen LogP contribution in [-0.2, 0) is 17.6 Å². The topological polar surface area (TPSA) is 53.4 Å². The lowest BCUT2D eigenvalue weighted by molar-refractivity contribution is -0.141. The van der Waals surface area contributed by atoms with Crippen LogP contribution in [-0.4, -0.2) is 30.2 Å². The molecule has 1 aromatic carbocycles. The molecule has 1 atom stereocenters. The number of nitrogens with zero attached hydrogens (tertiary/aromatic N) is 2. The summed E-state index contributed by atoms with van der Waals surface area (Å²) >= 11 is 0. The summed E-state index contributed by atoms with van der Waals surface area (Å²) in [6.45, 7) is 0. The minimum Gasteiger partial charge on any atom is -0.481 e. The molecular weight excluding hydrogens is 264 g/mol. The van der Waals surface area contributed by atoms with Crippen molar-refractivity contribution in [3.63, 3.8) is 0 Å². The largest absolute Gasteiger partial charge is 0.481 e. The molecular formula is C17H18N2O2. The molecule has 0 fully saturated rings. The first-order valence-electron chi connectivity index (χ1n) is 7.04. The number of hydrogen-bond acceptors (Lipinski definition) is 3. The van der Waals surface area contributed by atoms with E-state index in [1.165, 1.54) is 0 Å². The van der Waals surface area contributed by atoms with Crippen LogP contribution in [0.4, 0.5) is 5.82 Å². The summed E-state index contributed by atoms with van der Waals surface area (Å²) in [5.74, 6) is -0.0757. The molecule has 0 saturated heterocycles. The number of aliphatic carboxylic acids is 1. The zero-order valence-electron chi connectivity index (χ0n) is 12.2. The van der Waals surface area contributed by atoms with Gasteiger partial charge in [0.25, 0.3) is 0 Å². The second-order valence-corrected chi connectivity index (χ2v) is 5.70. The summed E-state index contributed by atoms with van der Waals surface area (Å²) in [5, 5.41) is 9.15. The van der Waals surface area contributed by atoms with Crippen LogP contribution in [0.15, 0.2) is 36.4 Å². The van der Waals surface area contributed by atoms with Gasteiger partial charge in [-0.1, -0.05) is 18.2 Å². The summed E-state index contributed by atoms with van der Waals surface area (Å²) in [7, 11) is 3.93. The van der Waals surface area contributed by atoms with Gasteiger partial charge in [0, 0.05) is 19.7 Å². The third-order valence-corrected chi connectivity index (χ3v) is 3.98. The second kappa shape index (κ2) is 5.20. The number of carboxylic acid groups (broad SMARTS) is 1. The highest BCUT2D eigenvalue weighted by Crippen LogP contribution is 2.31. The molecule has 3 rings (SSSR count). The Morgan fingerprint density at radius 3 is 2.67 bits per heavy atom. The van der Waals surface area contributed by atoms with Crippen LogP contribution in [0, 0.1) is 5.92 Å². The zero-order chi connectivity index (χ0) is 15.0. The molecule has 2 aromatic rings. The lowest BCUT2D eigenvalue weighted by Crippen LogP contribution is -2.12. The summed E-state index contributed by atoms with van der Waals surface area (Å²) < 4.78 is 0. The van der Waals surface area contributed by atoms with Gasteiger partial charge in [-0.25, -0.2) is 4.98 Å². The highest BCUT2D eigenvalue weighted by Gasteiger charge is 2.27. The third kappa shape index (κ3) is 2.61. The molecule has 21 heavy (non-hydrogen) atoms. The first-order valence-corrected chi connectivity index (χ1v) is 7.04. The summed E-state index contributed by atoms with van der Waals surface area (Å²) in [4.78, 5) is 17.7. The summed E-state index contributed by atoms with van der Waals surface area (Å²) in [6, 6.07) is 12.1. The van der Waals surface area contributed by atoms with Crippen LogP contribution >= 0.6 is 0 Å². The molecule has 0 bridgehead atoms. The average Bonchev–Trinajstić information content (AvgIpc) is 2.90. The van der Waals surface area contributed by atoms with Crippen molar-refractivity contribution in [3.8, 4) is 11.3 Å². The monoisotopic (exact) mass is 282 g/mol. The molecule has 1 aliphatic carbocycles. The SMILES string of the molecule is CN(C)c1cccc(-c2ccc3c(c2)CC(C(=O)O)C3)n1. The molecule has 1 aliphatic rings. The number of anilines is 1. The van der Waals surface area contributed by atoms with Crippen LogP contribution in [0.3, 0.4) is 0 Å². The highest BCUT2D eigenvalue weighted by atomic mass is 16.4. The first kappa shape index (κ1) is 13.6.